The van der Waals surface area contributed by atoms with Crippen LogP contribution in [0.4, 0.5) is 5.69 Å². The van der Waals surface area contributed by atoms with E-state index in [0.717, 1.165) is 60.8 Å². The third kappa shape index (κ3) is 4.54. The number of benzene rings is 2. The maximum Gasteiger partial charge on any atom is 0.303 e. The van der Waals surface area contributed by atoms with Crippen LogP contribution in [0.2, 0.25) is 0 Å². The predicted molar refractivity (Wildman–Crippen MR) is 134 cm³/mol. The monoisotopic (exact) mass is 459 g/mol. The number of carboxylic acid groups (broad SMARTS) is 1. The van der Waals surface area contributed by atoms with Crippen LogP contribution >= 0.6 is 0 Å². The fraction of sp³-hybridized carbons (Fsp3) is 0.429. The van der Waals surface area contributed by atoms with Gasteiger partial charge in [-0.05, 0) is 61.4 Å². The summed E-state index contributed by atoms with van der Waals surface area (Å²) >= 11 is 0. The lowest BCUT2D eigenvalue weighted by atomic mass is 9.86. The molecule has 1 aromatic heterocycles. The van der Waals surface area contributed by atoms with Crippen molar-refractivity contribution in [3.8, 4) is 0 Å². The number of nitrogens with zero attached hydrogens (tertiary/aromatic N) is 1. The quantitative estimate of drug-likeness (QED) is 0.447. The van der Waals surface area contributed by atoms with Gasteiger partial charge in [0.2, 0.25) is 5.91 Å². The summed E-state index contributed by atoms with van der Waals surface area (Å²) in [7, 11) is 0. The number of carbonyl (C=O) groups excluding carboxylic acids is 1. The number of carboxylic acids is 1. The minimum atomic E-state index is -0.805. The standard InChI is InChI=1S/C28H33N3O3/c32-26(18-20-9-11-24-22(17-20)21(19-29-24)10-12-27(33)34)30-28(13-3-4-14-28)23-7-1-2-8-25(23)31-15-5-6-16-31/h1-2,7-9,11,17,19,29H,3-6,10,12-16,18H2,(H,30,32)(H,33,34). The zero-order valence-electron chi connectivity index (χ0n) is 19.6. The third-order valence-electron chi connectivity index (χ3n) is 7.51. The molecule has 2 aromatic carbocycles. The third-order valence-corrected chi connectivity index (χ3v) is 7.51. The van der Waals surface area contributed by atoms with E-state index < -0.39 is 5.97 Å². The Morgan fingerprint density at radius 2 is 1.79 bits per heavy atom. The normalized spacial score (nSPS) is 17.4. The number of fused-ring (bicyclic) bond motifs is 1. The molecule has 0 spiro atoms. The second-order valence-corrected chi connectivity index (χ2v) is 9.81. The number of aliphatic carboxylic acids is 1. The van der Waals surface area contributed by atoms with Gasteiger partial charge in [-0.1, -0.05) is 37.1 Å². The minimum absolute atomic E-state index is 0.0418. The Morgan fingerprint density at radius 1 is 1.03 bits per heavy atom. The second-order valence-electron chi connectivity index (χ2n) is 9.81. The molecule has 0 unspecified atom stereocenters. The number of H-pyrrole nitrogens is 1. The molecule has 0 bridgehead atoms. The van der Waals surface area contributed by atoms with Crippen LogP contribution in [0.5, 0.6) is 0 Å². The number of hydrogen-bond acceptors (Lipinski definition) is 3. The van der Waals surface area contributed by atoms with E-state index in [2.05, 4.69) is 39.5 Å². The van der Waals surface area contributed by atoms with Crippen molar-refractivity contribution in [2.45, 2.75) is 63.3 Å². The molecule has 6 heteroatoms. The highest BCUT2D eigenvalue weighted by Crippen LogP contribution is 2.43. The zero-order chi connectivity index (χ0) is 23.5. The number of nitrogens with one attached hydrogen (secondary N) is 2. The summed E-state index contributed by atoms with van der Waals surface area (Å²) in [6.45, 7) is 2.17. The van der Waals surface area contributed by atoms with Crippen LogP contribution in [0.15, 0.2) is 48.7 Å². The molecule has 34 heavy (non-hydrogen) atoms. The van der Waals surface area contributed by atoms with Gasteiger partial charge >= 0.3 is 5.97 Å². The van der Waals surface area contributed by atoms with Gasteiger partial charge in [-0.25, -0.2) is 0 Å². The molecule has 6 nitrogen and oxygen atoms in total. The van der Waals surface area contributed by atoms with Crippen LogP contribution in [-0.2, 0) is 28.0 Å². The van der Waals surface area contributed by atoms with E-state index in [9.17, 15) is 9.59 Å². The van der Waals surface area contributed by atoms with Crippen molar-refractivity contribution in [1.29, 1.82) is 0 Å². The van der Waals surface area contributed by atoms with Crippen LogP contribution in [0.25, 0.3) is 10.9 Å². The Hall–Kier alpha value is -3.28. The summed E-state index contributed by atoms with van der Waals surface area (Å²) in [6, 6.07) is 14.6. The lowest BCUT2D eigenvalue weighted by molar-refractivity contribution is -0.137. The molecule has 1 saturated carbocycles. The molecule has 1 aliphatic heterocycles. The van der Waals surface area contributed by atoms with E-state index in [4.69, 9.17) is 5.11 Å². The van der Waals surface area contributed by atoms with Crippen molar-refractivity contribution >= 4 is 28.5 Å². The average Bonchev–Trinajstić information content (AvgIpc) is 3.59. The van der Waals surface area contributed by atoms with Gasteiger partial charge in [0.25, 0.3) is 0 Å². The Bertz CT molecular complexity index is 1190. The number of aromatic amines is 1. The summed E-state index contributed by atoms with van der Waals surface area (Å²) in [5.74, 6) is -0.763. The van der Waals surface area contributed by atoms with Gasteiger partial charge < -0.3 is 20.3 Å². The number of aromatic nitrogens is 1. The number of rotatable bonds is 8. The average molecular weight is 460 g/mol. The van der Waals surface area contributed by atoms with Gasteiger partial charge in [-0.2, -0.15) is 0 Å². The van der Waals surface area contributed by atoms with Crippen molar-refractivity contribution in [3.05, 3.63) is 65.4 Å². The van der Waals surface area contributed by atoms with E-state index in [1.165, 1.54) is 24.1 Å². The van der Waals surface area contributed by atoms with Crippen molar-refractivity contribution in [2.24, 2.45) is 0 Å². The van der Waals surface area contributed by atoms with Crippen LogP contribution in [0.3, 0.4) is 0 Å². The number of anilines is 1. The minimum Gasteiger partial charge on any atom is -0.481 e. The Morgan fingerprint density at radius 3 is 2.56 bits per heavy atom. The highest BCUT2D eigenvalue weighted by molar-refractivity contribution is 5.87. The molecular formula is C28H33N3O3. The highest BCUT2D eigenvalue weighted by atomic mass is 16.4. The van der Waals surface area contributed by atoms with E-state index in [-0.39, 0.29) is 17.9 Å². The Labute approximate surface area is 200 Å². The molecule has 2 aliphatic rings. The smallest absolute Gasteiger partial charge is 0.303 e. The van der Waals surface area contributed by atoms with Gasteiger partial charge in [0.05, 0.1) is 12.0 Å². The lowest BCUT2D eigenvalue weighted by Gasteiger charge is -2.35. The summed E-state index contributed by atoms with van der Waals surface area (Å²) in [6.07, 6.45) is 9.40. The zero-order valence-corrected chi connectivity index (χ0v) is 19.6. The molecule has 0 radical (unpaired) electrons. The molecule has 178 valence electrons. The van der Waals surface area contributed by atoms with Crippen molar-refractivity contribution in [1.82, 2.24) is 10.3 Å². The summed E-state index contributed by atoms with van der Waals surface area (Å²) in [5, 5.41) is 13.5. The van der Waals surface area contributed by atoms with E-state index >= 15 is 0 Å². The lowest BCUT2D eigenvalue weighted by Crippen LogP contribution is -2.45. The van der Waals surface area contributed by atoms with Gasteiger partial charge in [0, 0.05) is 47.9 Å². The van der Waals surface area contributed by atoms with Crippen molar-refractivity contribution in [3.63, 3.8) is 0 Å². The van der Waals surface area contributed by atoms with E-state index in [1.807, 2.05) is 24.4 Å². The maximum absolute atomic E-state index is 13.3. The fourth-order valence-corrected chi connectivity index (χ4v) is 5.83. The fourth-order valence-electron chi connectivity index (χ4n) is 5.83. The van der Waals surface area contributed by atoms with Crippen LogP contribution in [-0.4, -0.2) is 35.1 Å². The molecule has 5 rings (SSSR count). The van der Waals surface area contributed by atoms with Gasteiger partial charge in [-0.15, -0.1) is 0 Å². The Balaban J connectivity index is 1.36. The number of amides is 1. The van der Waals surface area contributed by atoms with Gasteiger partial charge in [-0.3, -0.25) is 9.59 Å². The first-order valence-electron chi connectivity index (χ1n) is 12.5. The molecule has 3 aromatic rings. The van der Waals surface area contributed by atoms with Crippen LogP contribution < -0.4 is 10.2 Å². The topological polar surface area (TPSA) is 85.4 Å². The van der Waals surface area contributed by atoms with Crippen molar-refractivity contribution < 1.29 is 14.7 Å². The number of carbonyl (C=O) groups is 2. The first-order chi connectivity index (χ1) is 16.5. The van der Waals surface area contributed by atoms with Crippen molar-refractivity contribution in [2.75, 3.05) is 18.0 Å². The molecule has 0 atom stereocenters. The SMILES string of the molecule is O=C(O)CCc1c[nH]c2ccc(CC(=O)NC3(c4ccccc4N4CCCC4)CCCC3)cc12. The molecule has 1 saturated heterocycles. The number of hydrogen-bond donors (Lipinski definition) is 3. The predicted octanol–water partition coefficient (Wildman–Crippen LogP) is 4.91. The Kier molecular flexibility index (Phi) is 6.31. The summed E-state index contributed by atoms with van der Waals surface area (Å²) in [5.41, 5.74) is 5.13. The second kappa shape index (κ2) is 9.53. The number of para-hydroxylation sites is 1. The van der Waals surface area contributed by atoms with Crippen LogP contribution in [0.1, 0.15) is 61.6 Å². The van der Waals surface area contributed by atoms with E-state index in [1.54, 1.807) is 0 Å². The van der Waals surface area contributed by atoms with Gasteiger partial charge in [0.15, 0.2) is 0 Å². The van der Waals surface area contributed by atoms with Crippen LogP contribution in [0, 0.1) is 0 Å². The number of aryl methyl sites for hydroxylation is 1. The molecule has 2 heterocycles. The summed E-state index contributed by atoms with van der Waals surface area (Å²) < 4.78 is 0. The summed E-state index contributed by atoms with van der Waals surface area (Å²) in [4.78, 5) is 30.0. The molecular weight excluding hydrogens is 426 g/mol. The first kappa shape index (κ1) is 22.5. The largest absolute Gasteiger partial charge is 0.481 e. The molecule has 2 fully saturated rings. The maximum atomic E-state index is 13.3. The first-order valence-corrected chi connectivity index (χ1v) is 12.5. The highest BCUT2D eigenvalue weighted by Gasteiger charge is 2.39. The van der Waals surface area contributed by atoms with E-state index in [0.29, 0.717) is 12.8 Å². The molecule has 1 aliphatic carbocycles. The molecule has 3 N–H and O–H groups in total. The van der Waals surface area contributed by atoms with Gasteiger partial charge in [0.1, 0.15) is 0 Å². The molecule has 1 amide bonds.